The number of aromatic nitrogens is 3. The molecule has 0 spiro atoms. The molecule has 1 fully saturated rings. The van der Waals surface area contributed by atoms with Gasteiger partial charge in [-0.2, -0.15) is 4.37 Å². The number of ether oxygens (including phenoxy) is 1. The normalized spacial score (nSPS) is 15.9. The quantitative estimate of drug-likeness (QED) is 0.702. The van der Waals surface area contributed by atoms with Crippen LogP contribution in [0.2, 0.25) is 0 Å². The highest BCUT2D eigenvalue weighted by atomic mass is 32.1. The zero-order chi connectivity index (χ0) is 15.4. The van der Waals surface area contributed by atoms with Crippen LogP contribution in [0.25, 0.3) is 0 Å². The van der Waals surface area contributed by atoms with Crippen molar-refractivity contribution in [3.05, 3.63) is 22.4 Å². The maximum Gasteiger partial charge on any atom is 0.205 e. The summed E-state index contributed by atoms with van der Waals surface area (Å²) in [4.78, 5) is 11.5. The first-order valence-electron chi connectivity index (χ1n) is 7.71. The van der Waals surface area contributed by atoms with Gasteiger partial charge in [-0.25, -0.2) is 9.97 Å². The number of anilines is 1. The van der Waals surface area contributed by atoms with Crippen molar-refractivity contribution in [1.29, 1.82) is 0 Å². The van der Waals surface area contributed by atoms with Crippen LogP contribution in [0.5, 0.6) is 0 Å². The van der Waals surface area contributed by atoms with E-state index in [1.807, 2.05) is 11.6 Å². The van der Waals surface area contributed by atoms with Crippen LogP contribution in [0.1, 0.15) is 30.6 Å². The molecule has 0 N–H and O–H groups in total. The third-order valence-electron chi connectivity index (χ3n) is 4.00. The number of rotatable bonds is 9. The van der Waals surface area contributed by atoms with Gasteiger partial charge in [-0.1, -0.05) is 6.92 Å². The second kappa shape index (κ2) is 7.48. The summed E-state index contributed by atoms with van der Waals surface area (Å²) < 4.78 is 9.57. The average molecular weight is 339 g/mol. The summed E-state index contributed by atoms with van der Waals surface area (Å²) in [6, 6.07) is 0. The van der Waals surface area contributed by atoms with E-state index >= 15 is 0 Å². The van der Waals surface area contributed by atoms with E-state index in [9.17, 15) is 0 Å². The van der Waals surface area contributed by atoms with Crippen LogP contribution in [-0.4, -0.2) is 34.6 Å². The third-order valence-corrected chi connectivity index (χ3v) is 5.58. The Kier molecular flexibility index (Phi) is 5.38. The van der Waals surface area contributed by atoms with E-state index in [2.05, 4.69) is 21.2 Å². The summed E-state index contributed by atoms with van der Waals surface area (Å²) >= 11 is 3.19. The summed E-state index contributed by atoms with van der Waals surface area (Å²) in [5, 5.41) is 4.17. The maximum atomic E-state index is 5.11. The van der Waals surface area contributed by atoms with Gasteiger partial charge in [-0.05, 0) is 24.7 Å². The van der Waals surface area contributed by atoms with Crippen LogP contribution in [0.4, 0.5) is 5.13 Å². The molecule has 2 aromatic heterocycles. The Hall–Kier alpha value is -1.05. The molecule has 22 heavy (non-hydrogen) atoms. The second-order valence-electron chi connectivity index (χ2n) is 5.86. The Bertz CT molecular complexity index is 568. The molecule has 0 aliphatic heterocycles. The molecule has 1 unspecified atom stereocenters. The zero-order valence-corrected chi connectivity index (χ0v) is 14.7. The largest absolute Gasteiger partial charge is 0.384 e. The van der Waals surface area contributed by atoms with Gasteiger partial charge in [0.2, 0.25) is 5.13 Å². The molecule has 0 aromatic carbocycles. The molecule has 1 aliphatic rings. The number of hydrogen-bond donors (Lipinski definition) is 0. The van der Waals surface area contributed by atoms with Crippen molar-refractivity contribution in [2.24, 2.45) is 11.8 Å². The van der Waals surface area contributed by atoms with Crippen LogP contribution in [-0.2, 0) is 17.7 Å². The Morgan fingerprint density at radius 1 is 1.45 bits per heavy atom. The summed E-state index contributed by atoms with van der Waals surface area (Å²) in [5.41, 5.74) is 0. The smallest absolute Gasteiger partial charge is 0.205 e. The molecule has 5 nitrogen and oxygen atoms in total. The van der Waals surface area contributed by atoms with Gasteiger partial charge in [0.1, 0.15) is 10.8 Å². The lowest BCUT2D eigenvalue weighted by atomic mass is 10.1. The predicted molar refractivity (Wildman–Crippen MR) is 90.5 cm³/mol. The van der Waals surface area contributed by atoms with Gasteiger partial charge in [0.25, 0.3) is 0 Å². The fourth-order valence-electron chi connectivity index (χ4n) is 2.53. The highest BCUT2D eigenvalue weighted by Crippen LogP contribution is 2.37. The zero-order valence-electron chi connectivity index (χ0n) is 13.1. The number of methoxy groups -OCH3 is 1. The van der Waals surface area contributed by atoms with Crippen molar-refractivity contribution in [3.63, 3.8) is 0 Å². The fraction of sp³-hybridized carbons (Fsp3) is 0.667. The van der Waals surface area contributed by atoms with Crippen LogP contribution in [0.15, 0.2) is 11.6 Å². The summed E-state index contributed by atoms with van der Waals surface area (Å²) in [7, 11) is 1.71. The minimum atomic E-state index is 0.668. The molecule has 1 atom stereocenters. The lowest BCUT2D eigenvalue weighted by Crippen LogP contribution is -2.28. The van der Waals surface area contributed by atoms with Gasteiger partial charge < -0.3 is 9.64 Å². The van der Waals surface area contributed by atoms with Crippen LogP contribution >= 0.6 is 22.9 Å². The van der Waals surface area contributed by atoms with Crippen LogP contribution < -0.4 is 4.90 Å². The third kappa shape index (κ3) is 4.24. The molecule has 0 radical (unpaired) electrons. The monoisotopic (exact) mass is 338 g/mol. The number of thiazole rings is 1. The van der Waals surface area contributed by atoms with Gasteiger partial charge in [0.05, 0.1) is 13.2 Å². The molecule has 0 amide bonds. The first-order valence-corrected chi connectivity index (χ1v) is 9.36. The van der Waals surface area contributed by atoms with E-state index in [1.165, 1.54) is 24.4 Å². The van der Waals surface area contributed by atoms with Crippen LogP contribution in [0, 0.1) is 11.8 Å². The number of hydrogen-bond acceptors (Lipinski definition) is 7. The van der Waals surface area contributed by atoms with E-state index in [-0.39, 0.29) is 0 Å². The van der Waals surface area contributed by atoms with Crippen molar-refractivity contribution in [2.45, 2.75) is 32.7 Å². The molecule has 0 bridgehead atoms. The standard InChI is InChI=1S/C15H22N4OS2/c1-11(12-3-4-12)9-19(10-14-16-6-8-21-14)15-17-13(18-22-15)5-7-20-2/h6,8,11-12H,3-5,7,9-10H2,1-2H3. The Balaban J connectivity index is 1.69. The highest BCUT2D eigenvalue weighted by molar-refractivity contribution is 7.10. The molecule has 2 aromatic rings. The average Bonchev–Trinajstić information content (AvgIpc) is 3.05. The highest BCUT2D eigenvalue weighted by Gasteiger charge is 2.30. The molecular weight excluding hydrogens is 316 g/mol. The molecule has 0 saturated heterocycles. The topological polar surface area (TPSA) is 51.1 Å². The number of nitrogens with zero attached hydrogens (tertiary/aromatic N) is 4. The van der Waals surface area contributed by atoms with Gasteiger partial charge in [-0.15, -0.1) is 11.3 Å². The Morgan fingerprint density at radius 3 is 3.00 bits per heavy atom. The molecule has 1 aliphatic carbocycles. The van der Waals surface area contributed by atoms with E-state index in [0.717, 1.165) is 41.4 Å². The fourth-order valence-corrected chi connectivity index (χ4v) is 3.89. The maximum absolute atomic E-state index is 5.11. The Labute approximate surface area is 139 Å². The molecule has 7 heteroatoms. The summed E-state index contributed by atoms with van der Waals surface area (Å²) in [5.74, 6) is 2.47. The van der Waals surface area contributed by atoms with Crippen molar-refractivity contribution in [2.75, 3.05) is 25.2 Å². The first kappa shape index (κ1) is 15.8. The SMILES string of the molecule is COCCc1nsc(N(Cc2nccs2)CC(C)C2CC2)n1. The molecule has 120 valence electrons. The van der Waals surface area contributed by atoms with Crippen molar-refractivity contribution in [1.82, 2.24) is 14.3 Å². The van der Waals surface area contributed by atoms with Crippen molar-refractivity contribution < 1.29 is 4.74 Å². The van der Waals surface area contributed by atoms with Gasteiger partial charge >= 0.3 is 0 Å². The Morgan fingerprint density at radius 2 is 2.32 bits per heavy atom. The van der Waals surface area contributed by atoms with Gasteiger partial charge in [0.15, 0.2) is 0 Å². The van der Waals surface area contributed by atoms with Crippen LogP contribution in [0.3, 0.4) is 0 Å². The summed E-state index contributed by atoms with van der Waals surface area (Å²) in [6.45, 7) is 4.87. The minimum Gasteiger partial charge on any atom is -0.384 e. The second-order valence-corrected chi connectivity index (χ2v) is 7.57. The summed E-state index contributed by atoms with van der Waals surface area (Å²) in [6.07, 6.45) is 5.39. The molecular formula is C15H22N4OS2. The van der Waals surface area contributed by atoms with Gasteiger partial charge in [-0.3, -0.25) is 0 Å². The molecule has 2 heterocycles. The van der Waals surface area contributed by atoms with E-state index in [0.29, 0.717) is 12.5 Å². The molecule has 3 rings (SSSR count). The van der Waals surface area contributed by atoms with Crippen molar-refractivity contribution in [3.8, 4) is 0 Å². The minimum absolute atomic E-state index is 0.668. The van der Waals surface area contributed by atoms with E-state index < -0.39 is 0 Å². The van der Waals surface area contributed by atoms with Crippen molar-refractivity contribution >= 4 is 28.0 Å². The van der Waals surface area contributed by atoms with E-state index in [1.54, 1.807) is 18.4 Å². The first-order chi connectivity index (χ1) is 10.8. The van der Waals surface area contributed by atoms with Gasteiger partial charge in [0, 0.05) is 43.2 Å². The molecule has 1 saturated carbocycles. The van der Waals surface area contributed by atoms with E-state index in [4.69, 9.17) is 9.72 Å². The predicted octanol–water partition coefficient (Wildman–Crippen LogP) is 3.24. The lowest BCUT2D eigenvalue weighted by Gasteiger charge is -2.24. The lowest BCUT2D eigenvalue weighted by molar-refractivity contribution is 0.201.